The smallest absolute Gasteiger partial charge is 0.260 e. The number of hydrogen-bond donors (Lipinski definition) is 1. The van der Waals surface area contributed by atoms with Crippen molar-refractivity contribution in [2.45, 2.75) is 16.7 Å². The van der Waals surface area contributed by atoms with Gasteiger partial charge in [-0.3, -0.25) is 0 Å². The van der Waals surface area contributed by atoms with Gasteiger partial charge in [-0.2, -0.15) is 0 Å². The van der Waals surface area contributed by atoms with Crippen LogP contribution in [0.4, 0.5) is 0 Å². The summed E-state index contributed by atoms with van der Waals surface area (Å²) in [6.45, 7) is 0.792. The molecular formula is C11H11ClN2OS. The van der Waals surface area contributed by atoms with Gasteiger partial charge in [0.1, 0.15) is 6.26 Å². The highest BCUT2D eigenvalue weighted by Gasteiger charge is 2.07. The first-order valence-electron chi connectivity index (χ1n) is 4.80. The number of nitrogens with one attached hydrogen (secondary N) is 1. The Balaban J connectivity index is 2.26. The average Bonchev–Trinajstić information content (AvgIpc) is 2.75. The van der Waals surface area contributed by atoms with Gasteiger partial charge < -0.3 is 9.73 Å². The van der Waals surface area contributed by atoms with Crippen LogP contribution in [0, 0.1) is 0 Å². The molecule has 1 N–H and O–H groups in total. The van der Waals surface area contributed by atoms with Crippen molar-refractivity contribution >= 4 is 23.4 Å². The van der Waals surface area contributed by atoms with Gasteiger partial charge in [0.25, 0.3) is 5.22 Å². The first-order valence-corrected chi connectivity index (χ1v) is 5.99. The second kappa shape index (κ2) is 5.39. The fourth-order valence-corrected chi connectivity index (χ4v) is 2.41. The maximum absolute atomic E-state index is 5.97. The van der Waals surface area contributed by atoms with Gasteiger partial charge in [-0.1, -0.05) is 17.7 Å². The minimum atomic E-state index is 0.625. The van der Waals surface area contributed by atoms with Crippen LogP contribution in [0.2, 0.25) is 5.02 Å². The van der Waals surface area contributed by atoms with Crippen molar-refractivity contribution in [1.82, 2.24) is 10.3 Å². The van der Waals surface area contributed by atoms with Gasteiger partial charge in [-0.05, 0) is 36.5 Å². The van der Waals surface area contributed by atoms with Crippen LogP contribution < -0.4 is 5.32 Å². The summed E-state index contributed by atoms with van der Waals surface area (Å²) in [7, 11) is 1.91. The van der Waals surface area contributed by atoms with E-state index in [4.69, 9.17) is 16.0 Å². The lowest BCUT2D eigenvalue weighted by Crippen LogP contribution is -2.05. The van der Waals surface area contributed by atoms with Crippen molar-refractivity contribution in [3.05, 3.63) is 41.2 Å². The molecule has 16 heavy (non-hydrogen) atoms. The number of aromatic nitrogens is 1. The number of nitrogens with zero attached hydrogens (tertiary/aromatic N) is 1. The normalized spacial score (nSPS) is 10.6. The number of benzene rings is 1. The van der Waals surface area contributed by atoms with Gasteiger partial charge >= 0.3 is 0 Å². The molecule has 1 aromatic heterocycles. The zero-order valence-corrected chi connectivity index (χ0v) is 10.3. The zero-order chi connectivity index (χ0) is 11.4. The van der Waals surface area contributed by atoms with Gasteiger partial charge in [0.15, 0.2) is 0 Å². The molecule has 0 bridgehead atoms. The molecule has 0 fully saturated rings. The van der Waals surface area contributed by atoms with Crippen LogP contribution in [0.25, 0.3) is 0 Å². The van der Waals surface area contributed by atoms with E-state index in [9.17, 15) is 0 Å². The van der Waals surface area contributed by atoms with Crippen LogP contribution in [-0.2, 0) is 6.54 Å². The first-order chi connectivity index (χ1) is 7.79. The highest BCUT2D eigenvalue weighted by atomic mass is 35.5. The molecule has 0 atom stereocenters. The number of rotatable bonds is 4. The van der Waals surface area contributed by atoms with Gasteiger partial charge in [0.2, 0.25) is 0 Å². The van der Waals surface area contributed by atoms with Crippen LogP contribution in [0.15, 0.2) is 45.2 Å². The minimum Gasteiger partial charge on any atom is -0.440 e. The lowest BCUT2D eigenvalue weighted by atomic mass is 10.2. The molecule has 84 valence electrons. The van der Waals surface area contributed by atoms with Crippen molar-refractivity contribution in [3.8, 4) is 0 Å². The third-order valence-corrected chi connectivity index (χ3v) is 3.21. The van der Waals surface area contributed by atoms with Crippen molar-refractivity contribution in [2.75, 3.05) is 7.05 Å². The summed E-state index contributed by atoms with van der Waals surface area (Å²) in [5, 5.41) is 4.46. The molecule has 0 aliphatic heterocycles. The van der Waals surface area contributed by atoms with Gasteiger partial charge in [-0.15, -0.1) is 0 Å². The van der Waals surface area contributed by atoms with E-state index in [2.05, 4.69) is 10.3 Å². The van der Waals surface area contributed by atoms with Crippen molar-refractivity contribution < 1.29 is 4.42 Å². The van der Waals surface area contributed by atoms with Gasteiger partial charge in [0.05, 0.1) is 6.20 Å². The van der Waals surface area contributed by atoms with Crippen LogP contribution in [0.5, 0.6) is 0 Å². The highest BCUT2D eigenvalue weighted by molar-refractivity contribution is 7.99. The van der Waals surface area contributed by atoms with Crippen LogP contribution in [-0.4, -0.2) is 12.0 Å². The van der Waals surface area contributed by atoms with Crippen LogP contribution in [0.1, 0.15) is 5.56 Å². The topological polar surface area (TPSA) is 38.1 Å². The van der Waals surface area contributed by atoms with Gasteiger partial charge in [0, 0.05) is 16.5 Å². The molecule has 3 nitrogen and oxygen atoms in total. The quantitative estimate of drug-likeness (QED) is 0.909. The van der Waals surface area contributed by atoms with E-state index in [-0.39, 0.29) is 0 Å². The molecule has 0 unspecified atom stereocenters. The molecule has 0 spiro atoms. The van der Waals surface area contributed by atoms with E-state index in [0.29, 0.717) is 10.2 Å². The van der Waals surface area contributed by atoms with Gasteiger partial charge in [-0.25, -0.2) is 4.98 Å². The fraction of sp³-hybridized carbons (Fsp3) is 0.182. The molecule has 1 heterocycles. The summed E-state index contributed by atoms with van der Waals surface area (Å²) in [5.41, 5.74) is 1.18. The Morgan fingerprint density at radius 3 is 3.06 bits per heavy atom. The first kappa shape index (κ1) is 11.5. The molecule has 2 rings (SSSR count). The second-order valence-electron chi connectivity index (χ2n) is 3.18. The molecule has 0 aliphatic carbocycles. The Hall–Kier alpha value is -0.970. The lowest BCUT2D eigenvalue weighted by Gasteiger charge is -2.07. The average molecular weight is 255 g/mol. The maximum Gasteiger partial charge on any atom is 0.260 e. The third kappa shape index (κ3) is 2.78. The van der Waals surface area contributed by atoms with Crippen molar-refractivity contribution in [1.29, 1.82) is 0 Å². The number of oxazole rings is 1. The minimum absolute atomic E-state index is 0.625. The summed E-state index contributed by atoms with van der Waals surface area (Å²) < 4.78 is 5.20. The summed E-state index contributed by atoms with van der Waals surface area (Å²) in [4.78, 5) is 5.13. The molecule has 2 aromatic rings. The Morgan fingerprint density at radius 2 is 2.38 bits per heavy atom. The summed E-state index contributed by atoms with van der Waals surface area (Å²) in [6.07, 6.45) is 3.19. The van der Waals surface area contributed by atoms with E-state index in [0.717, 1.165) is 11.4 Å². The molecule has 0 radical (unpaired) electrons. The van der Waals surface area contributed by atoms with Crippen LogP contribution >= 0.6 is 23.4 Å². The summed E-state index contributed by atoms with van der Waals surface area (Å²) >= 11 is 7.45. The molecule has 1 aromatic carbocycles. The Kier molecular flexibility index (Phi) is 3.88. The second-order valence-corrected chi connectivity index (χ2v) is 4.61. The Morgan fingerprint density at radius 1 is 1.50 bits per heavy atom. The van der Waals surface area contributed by atoms with E-state index < -0.39 is 0 Å². The predicted octanol–water partition coefficient (Wildman–Crippen LogP) is 3.20. The molecule has 0 saturated heterocycles. The molecule has 5 heteroatoms. The monoisotopic (exact) mass is 254 g/mol. The summed E-state index contributed by atoms with van der Waals surface area (Å²) in [6, 6.07) is 5.81. The Bertz CT molecular complexity index is 459. The van der Waals surface area contributed by atoms with Crippen molar-refractivity contribution in [3.63, 3.8) is 0 Å². The SMILES string of the molecule is CNCc1ccc(Cl)cc1Sc1ncco1. The third-order valence-electron chi connectivity index (χ3n) is 2.00. The van der Waals surface area contributed by atoms with E-state index in [1.54, 1.807) is 12.5 Å². The summed E-state index contributed by atoms with van der Waals surface area (Å²) in [5.74, 6) is 0. The standard InChI is InChI=1S/C11H11ClN2OS/c1-13-7-8-2-3-9(12)6-10(8)16-11-14-4-5-15-11/h2-6,13H,7H2,1H3. The maximum atomic E-state index is 5.97. The highest BCUT2D eigenvalue weighted by Crippen LogP contribution is 2.31. The van der Waals surface area contributed by atoms with Crippen molar-refractivity contribution in [2.24, 2.45) is 0 Å². The fourth-order valence-electron chi connectivity index (χ4n) is 1.31. The van der Waals surface area contributed by atoms with Crippen LogP contribution in [0.3, 0.4) is 0 Å². The van der Waals surface area contributed by atoms with E-state index in [1.165, 1.54) is 17.3 Å². The lowest BCUT2D eigenvalue weighted by molar-refractivity contribution is 0.454. The molecule has 0 amide bonds. The van der Waals surface area contributed by atoms with E-state index in [1.807, 2.05) is 25.2 Å². The molecular weight excluding hydrogens is 244 g/mol. The zero-order valence-electron chi connectivity index (χ0n) is 8.74. The largest absolute Gasteiger partial charge is 0.440 e. The predicted molar refractivity (Wildman–Crippen MR) is 64.8 cm³/mol. The van der Waals surface area contributed by atoms with E-state index >= 15 is 0 Å². The number of halogens is 1. The molecule has 0 aliphatic rings. The molecule has 0 saturated carbocycles. The number of hydrogen-bond acceptors (Lipinski definition) is 4. The Labute approximate surface area is 103 Å².